The van der Waals surface area contributed by atoms with Crippen molar-refractivity contribution >= 4 is 29.7 Å². The predicted octanol–water partition coefficient (Wildman–Crippen LogP) is 1.92. The molecule has 0 unspecified atom stereocenters. The number of para-hydroxylation sites is 1. The minimum atomic E-state index is -5.04. The fourth-order valence-electron chi connectivity index (χ4n) is 2.23. The SMILES string of the molecule is Cn1c([B-](F)(F)F)c(C=[N+](C)C)c2ccccc21. The van der Waals surface area contributed by atoms with Gasteiger partial charge in [-0.25, -0.2) is 4.58 Å². The van der Waals surface area contributed by atoms with Crippen molar-refractivity contribution in [3.05, 3.63) is 29.8 Å². The van der Waals surface area contributed by atoms with Gasteiger partial charge in [-0.3, -0.25) is 0 Å². The number of halogens is 3. The Bertz CT molecular complexity index is 622. The molecule has 0 aliphatic rings. The molecule has 2 nitrogen and oxygen atoms in total. The van der Waals surface area contributed by atoms with Crippen molar-refractivity contribution in [1.29, 1.82) is 0 Å². The fraction of sp³-hybridized carbons (Fsp3) is 0.250. The van der Waals surface area contributed by atoms with Crippen LogP contribution in [0.4, 0.5) is 12.9 Å². The first-order valence-corrected chi connectivity index (χ1v) is 5.61. The molecule has 1 aromatic carbocycles. The van der Waals surface area contributed by atoms with E-state index < -0.39 is 12.6 Å². The van der Waals surface area contributed by atoms with Gasteiger partial charge in [-0.2, -0.15) is 0 Å². The van der Waals surface area contributed by atoms with Crippen LogP contribution in [0.3, 0.4) is 0 Å². The zero-order chi connectivity index (χ0) is 13.5. The van der Waals surface area contributed by atoms with E-state index in [1.165, 1.54) is 17.8 Å². The summed E-state index contributed by atoms with van der Waals surface area (Å²) < 4.78 is 42.5. The summed E-state index contributed by atoms with van der Waals surface area (Å²) in [5.74, 6) is 0. The fourth-order valence-corrected chi connectivity index (χ4v) is 2.23. The standard InChI is InChI=1S/C12H14BF3N2/c1-17(2)8-10-9-6-4-5-7-11(9)18(3)12(10)13(14,15)16/h4-8H,1-3H3. The van der Waals surface area contributed by atoms with E-state index in [4.69, 9.17) is 0 Å². The smallest absolute Gasteiger partial charge is 0.444 e. The number of hydrogen-bond acceptors (Lipinski definition) is 0. The van der Waals surface area contributed by atoms with E-state index in [2.05, 4.69) is 0 Å². The van der Waals surface area contributed by atoms with Gasteiger partial charge in [-0.1, -0.05) is 18.2 Å². The van der Waals surface area contributed by atoms with Crippen molar-refractivity contribution < 1.29 is 17.5 Å². The van der Waals surface area contributed by atoms with Crippen molar-refractivity contribution in [2.75, 3.05) is 14.1 Å². The zero-order valence-electron chi connectivity index (χ0n) is 10.5. The molecule has 0 N–H and O–H groups in total. The summed E-state index contributed by atoms with van der Waals surface area (Å²) >= 11 is 0. The molecule has 1 heterocycles. The van der Waals surface area contributed by atoms with Gasteiger partial charge >= 0.3 is 6.98 Å². The van der Waals surface area contributed by atoms with E-state index in [0.29, 0.717) is 10.9 Å². The summed E-state index contributed by atoms with van der Waals surface area (Å²) in [5, 5.41) is 0.628. The highest BCUT2D eigenvalue weighted by atomic mass is 19.4. The van der Waals surface area contributed by atoms with E-state index in [-0.39, 0.29) is 5.56 Å². The Balaban J connectivity index is 2.91. The Labute approximate surface area is 103 Å². The molecule has 0 atom stereocenters. The van der Waals surface area contributed by atoms with E-state index in [1.807, 2.05) is 0 Å². The first kappa shape index (κ1) is 12.7. The van der Waals surface area contributed by atoms with Crippen LogP contribution in [-0.2, 0) is 7.05 Å². The van der Waals surface area contributed by atoms with E-state index in [9.17, 15) is 12.9 Å². The quantitative estimate of drug-likeness (QED) is 0.439. The average Bonchev–Trinajstić information content (AvgIpc) is 2.52. The predicted molar refractivity (Wildman–Crippen MR) is 68.9 cm³/mol. The molecule has 0 aliphatic carbocycles. The van der Waals surface area contributed by atoms with Crippen LogP contribution < -0.4 is 5.59 Å². The number of aromatic nitrogens is 1. The molecule has 2 rings (SSSR count). The maximum atomic E-state index is 13.2. The molecule has 0 saturated carbocycles. The molecule has 2 aromatic rings. The van der Waals surface area contributed by atoms with Crippen molar-refractivity contribution in [3.63, 3.8) is 0 Å². The minimum absolute atomic E-state index is 0.241. The van der Waals surface area contributed by atoms with Crippen LogP contribution in [0, 0.1) is 0 Å². The molecular weight excluding hydrogens is 240 g/mol. The number of fused-ring (bicyclic) bond motifs is 1. The summed E-state index contributed by atoms with van der Waals surface area (Å²) in [4.78, 5) is 0. The molecule has 0 bridgehead atoms. The Hall–Kier alpha value is -1.72. The zero-order valence-corrected chi connectivity index (χ0v) is 10.5. The number of aryl methyl sites for hydroxylation is 1. The lowest BCUT2D eigenvalue weighted by Gasteiger charge is -2.17. The van der Waals surface area contributed by atoms with Crippen LogP contribution in [0.15, 0.2) is 24.3 Å². The van der Waals surface area contributed by atoms with Gasteiger partial charge in [0.15, 0.2) is 6.21 Å². The monoisotopic (exact) mass is 254 g/mol. The average molecular weight is 254 g/mol. The van der Waals surface area contributed by atoms with Gasteiger partial charge in [-0.15, -0.1) is 0 Å². The second-order valence-electron chi connectivity index (χ2n) is 4.54. The topological polar surface area (TPSA) is 7.94 Å². The molecule has 0 amide bonds. The van der Waals surface area contributed by atoms with E-state index >= 15 is 0 Å². The summed E-state index contributed by atoms with van der Waals surface area (Å²) in [5.41, 5.74) is 0.287. The maximum Gasteiger partial charge on any atom is 0.526 e. The number of hydrogen-bond donors (Lipinski definition) is 0. The Morgan fingerprint density at radius 2 is 1.78 bits per heavy atom. The normalized spacial score (nSPS) is 11.9. The highest BCUT2D eigenvalue weighted by Gasteiger charge is 2.33. The van der Waals surface area contributed by atoms with Gasteiger partial charge in [-0.05, 0) is 11.7 Å². The summed E-state index contributed by atoms with van der Waals surface area (Å²) in [7, 11) is 4.89. The number of benzene rings is 1. The molecule has 1 aromatic heterocycles. The van der Waals surface area contributed by atoms with Crippen molar-refractivity contribution in [1.82, 2.24) is 4.57 Å². The maximum absolute atomic E-state index is 13.2. The lowest BCUT2D eigenvalue weighted by molar-refractivity contribution is -0.458. The molecule has 0 saturated heterocycles. The Morgan fingerprint density at radius 1 is 1.17 bits per heavy atom. The molecule has 6 heteroatoms. The number of rotatable bonds is 2. The number of nitrogens with zero attached hydrogens (tertiary/aromatic N) is 2. The lowest BCUT2D eigenvalue weighted by atomic mass is 9.82. The molecular formula is C12H14BF3N2. The van der Waals surface area contributed by atoms with Crippen LogP contribution in [0.5, 0.6) is 0 Å². The third-order valence-electron chi connectivity index (χ3n) is 2.89. The van der Waals surface area contributed by atoms with Gasteiger partial charge in [0.2, 0.25) is 0 Å². The van der Waals surface area contributed by atoms with Crippen LogP contribution in [0.2, 0.25) is 0 Å². The van der Waals surface area contributed by atoms with Crippen LogP contribution >= 0.6 is 0 Å². The second-order valence-corrected chi connectivity index (χ2v) is 4.54. The molecule has 0 aliphatic heterocycles. The second kappa shape index (κ2) is 4.19. The molecule has 0 fully saturated rings. The lowest BCUT2D eigenvalue weighted by Crippen LogP contribution is -2.41. The van der Waals surface area contributed by atoms with E-state index in [0.717, 1.165) is 0 Å². The highest BCUT2D eigenvalue weighted by molar-refractivity contribution is 6.74. The first-order valence-electron chi connectivity index (χ1n) is 5.61. The van der Waals surface area contributed by atoms with Crippen molar-refractivity contribution in [2.45, 2.75) is 0 Å². The first-order chi connectivity index (χ1) is 8.32. The van der Waals surface area contributed by atoms with E-state index in [1.54, 1.807) is 42.9 Å². The Kier molecular flexibility index (Phi) is 2.96. The van der Waals surface area contributed by atoms with Crippen LogP contribution in [-0.4, -0.2) is 36.4 Å². The largest absolute Gasteiger partial charge is 0.526 e. The Morgan fingerprint density at radius 3 is 2.33 bits per heavy atom. The molecule has 18 heavy (non-hydrogen) atoms. The van der Waals surface area contributed by atoms with Crippen LogP contribution in [0.1, 0.15) is 5.56 Å². The third-order valence-corrected chi connectivity index (χ3v) is 2.89. The summed E-state index contributed by atoms with van der Waals surface area (Å²) in [6, 6.07) is 6.92. The van der Waals surface area contributed by atoms with Gasteiger partial charge in [0.05, 0.1) is 0 Å². The minimum Gasteiger partial charge on any atom is -0.444 e. The van der Waals surface area contributed by atoms with Gasteiger partial charge in [0, 0.05) is 23.5 Å². The third kappa shape index (κ3) is 2.02. The summed E-state index contributed by atoms with van der Waals surface area (Å²) in [6.07, 6.45) is 1.52. The van der Waals surface area contributed by atoms with Gasteiger partial charge in [0.25, 0.3) is 0 Å². The van der Waals surface area contributed by atoms with Crippen molar-refractivity contribution in [2.24, 2.45) is 7.05 Å². The van der Waals surface area contributed by atoms with Gasteiger partial charge < -0.3 is 17.5 Å². The van der Waals surface area contributed by atoms with Gasteiger partial charge in [0.1, 0.15) is 14.1 Å². The van der Waals surface area contributed by atoms with Crippen LogP contribution in [0.25, 0.3) is 10.9 Å². The molecule has 0 radical (unpaired) electrons. The molecule has 0 spiro atoms. The molecule has 96 valence electrons. The van der Waals surface area contributed by atoms with Crippen molar-refractivity contribution in [3.8, 4) is 0 Å². The highest BCUT2D eigenvalue weighted by Crippen LogP contribution is 2.22. The summed E-state index contributed by atoms with van der Waals surface area (Å²) in [6.45, 7) is -5.04.